The first-order valence-electron chi connectivity index (χ1n) is 12.3. The SMILES string of the molecule is BC(B)(C#N)NC(=O)c1ccc(-c2ccnc(Nc3ccc(N4C(B)(B)COCC4(B)B)cc3)n2)cc1. The van der Waals surface area contributed by atoms with E-state index in [4.69, 9.17) is 10.00 Å². The molecule has 2 N–H and O–H groups in total. The standard InChI is InChI=1S/C23H28B6N6O2/c24-21(25,11-30)34-19(36)15-3-1-14(2-4-15)18-9-10-31-20(33-18)32-16-5-7-17(8-6-16)35-22(26,27)12-37-13-23(35,28)29/h1-10H,12-13,24-29H2,(H,34,36)(H,31,32,33). The van der Waals surface area contributed by atoms with E-state index < -0.39 is 5.34 Å². The van der Waals surface area contributed by atoms with Crippen LogP contribution >= 0.6 is 0 Å². The number of nitriles is 1. The molecule has 0 aliphatic carbocycles. The van der Waals surface area contributed by atoms with Crippen molar-refractivity contribution >= 4 is 70.3 Å². The van der Waals surface area contributed by atoms with E-state index in [9.17, 15) is 4.79 Å². The summed E-state index contributed by atoms with van der Waals surface area (Å²) in [7, 11) is 12.1. The molecule has 0 unspecified atom stereocenters. The molecule has 1 amide bonds. The fraction of sp³-hybridized carbons (Fsp3) is 0.217. The number of carbonyl (C=O) groups excluding carboxylic acids is 1. The third kappa shape index (κ3) is 6.05. The zero-order chi connectivity index (χ0) is 26.8. The van der Waals surface area contributed by atoms with Crippen molar-refractivity contribution in [3.63, 3.8) is 0 Å². The Morgan fingerprint density at radius 3 is 2.22 bits per heavy atom. The third-order valence-corrected chi connectivity index (χ3v) is 6.31. The quantitative estimate of drug-likeness (QED) is 0.354. The Balaban J connectivity index is 1.48. The summed E-state index contributed by atoms with van der Waals surface area (Å²) in [5.74, 6) is 0.185. The van der Waals surface area contributed by atoms with Gasteiger partial charge in [-0.2, -0.15) is 5.26 Å². The highest BCUT2D eigenvalue weighted by atomic mass is 16.5. The lowest BCUT2D eigenvalue weighted by molar-refractivity contribution is 0.0834. The molecule has 1 aromatic heterocycles. The number of nitrogens with one attached hydrogen (secondary N) is 2. The largest absolute Gasteiger partial charge is 0.388 e. The summed E-state index contributed by atoms with van der Waals surface area (Å²) in [6.45, 7) is 1.36. The number of amides is 1. The van der Waals surface area contributed by atoms with Gasteiger partial charge in [0.15, 0.2) is 0 Å². The van der Waals surface area contributed by atoms with Crippen LogP contribution in [0.5, 0.6) is 0 Å². The van der Waals surface area contributed by atoms with Gasteiger partial charge in [-0.3, -0.25) is 4.79 Å². The van der Waals surface area contributed by atoms with Crippen LogP contribution in [-0.2, 0) is 4.74 Å². The number of aromatic nitrogens is 2. The Hall–Kier alpha value is -3.57. The normalized spacial score (nSPS) is 16.4. The average Bonchev–Trinajstić information content (AvgIpc) is 2.84. The molecule has 1 aliphatic heterocycles. The van der Waals surface area contributed by atoms with Gasteiger partial charge in [0.1, 0.15) is 47.1 Å². The summed E-state index contributed by atoms with van der Waals surface area (Å²) in [5, 5.41) is 14.0. The molecule has 14 heteroatoms. The van der Waals surface area contributed by atoms with E-state index in [1.54, 1.807) is 34.0 Å². The Labute approximate surface area is 223 Å². The second-order valence-electron chi connectivity index (χ2n) is 11.2. The van der Waals surface area contributed by atoms with E-state index in [1.165, 1.54) is 0 Å². The summed E-state index contributed by atoms with van der Waals surface area (Å²) in [5.41, 5.74) is 4.09. The first kappa shape index (κ1) is 26.5. The minimum absolute atomic E-state index is 0.115. The molecule has 1 aliphatic rings. The Morgan fingerprint density at radius 2 is 1.62 bits per heavy atom. The van der Waals surface area contributed by atoms with Crippen molar-refractivity contribution in [1.82, 2.24) is 15.3 Å². The van der Waals surface area contributed by atoms with Gasteiger partial charge in [0.25, 0.3) is 5.91 Å². The van der Waals surface area contributed by atoms with E-state index in [0.717, 1.165) is 22.6 Å². The maximum atomic E-state index is 12.4. The van der Waals surface area contributed by atoms with Gasteiger partial charge in [0, 0.05) is 39.4 Å². The van der Waals surface area contributed by atoms with Crippen LogP contribution in [-0.4, -0.2) is 92.2 Å². The minimum Gasteiger partial charge on any atom is -0.388 e. The molecule has 2 aromatic carbocycles. The van der Waals surface area contributed by atoms with E-state index in [1.807, 2.05) is 30.3 Å². The monoisotopic (exact) mass is 486 g/mol. The fourth-order valence-corrected chi connectivity index (χ4v) is 4.78. The predicted molar refractivity (Wildman–Crippen MR) is 163 cm³/mol. The topological polar surface area (TPSA) is 103 Å². The Morgan fingerprint density at radius 1 is 1.00 bits per heavy atom. The van der Waals surface area contributed by atoms with Crippen molar-refractivity contribution in [1.29, 1.82) is 5.26 Å². The lowest BCUT2D eigenvalue weighted by Crippen LogP contribution is -2.70. The van der Waals surface area contributed by atoms with Gasteiger partial charge in [-0.15, -0.1) is 0 Å². The molecule has 1 fully saturated rings. The molecule has 0 saturated carbocycles. The van der Waals surface area contributed by atoms with Gasteiger partial charge in [0.2, 0.25) is 5.95 Å². The number of carbonyl (C=O) groups is 1. The lowest BCUT2D eigenvalue weighted by Gasteiger charge is -2.55. The second-order valence-corrected chi connectivity index (χ2v) is 11.2. The molecule has 37 heavy (non-hydrogen) atoms. The van der Waals surface area contributed by atoms with Crippen LogP contribution in [0.4, 0.5) is 17.3 Å². The summed E-state index contributed by atoms with van der Waals surface area (Å²) >= 11 is 0. The van der Waals surface area contributed by atoms with E-state index in [0.29, 0.717) is 24.7 Å². The van der Waals surface area contributed by atoms with Crippen molar-refractivity contribution in [2.24, 2.45) is 0 Å². The van der Waals surface area contributed by atoms with Crippen LogP contribution in [0.3, 0.4) is 0 Å². The maximum absolute atomic E-state index is 12.4. The van der Waals surface area contributed by atoms with Crippen LogP contribution in [0.1, 0.15) is 10.4 Å². The summed E-state index contributed by atoms with van der Waals surface area (Å²) in [6, 6.07) is 19.3. The number of ether oxygens (including phenoxy) is 1. The summed E-state index contributed by atoms with van der Waals surface area (Å²) < 4.78 is 5.84. The highest BCUT2D eigenvalue weighted by molar-refractivity contribution is 6.48. The van der Waals surface area contributed by atoms with Gasteiger partial charge in [-0.1, -0.05) is 12.1 Å². The minimum atomic E-state index is -0.935. The third-order valence-electron chi connectivity index (χ3n) is 6.31. The van der Waals surface area contributed by atoms with Crippen molar-refractivity contribution in [3.8, 4) is 17.3 Å². The molecule has 3 aromatic rings. The molecule has 2 heterocycles. The van der Waals surface area contributed by atoms with Gasteiger partial charge >= 0.3 is 0 Å². The van der Waals surface area contributed by atoms with Crippen LogP contribution < -0.4 is 15.5 Å². The predicted octanol–water partition coefficient (Wildman–Crippen LogP) is -3.26. The molecule has 0 spiro atoms. The highest BCUT2D eigenvalue weighted by Crippen LogP contribution is 2.32. The van der Waals surface area contributed by atoms with Crippen molar-refractivity contribution in [2.45, 2.75) is 16.0 Å². The number of nitrogens with zero attached hydrogens (tertiary/aromatic N) is 4. The van der Waals surface area contributed by atoms with E-state index in [-0.39, 0.29) is 16.6 Å². The van der Waals surface area contributed by atoms with E-state index >= 15 is 0 Å². The number of hydrogen-bond acceptors (Lipinski definition) is 7. The lowest BCUT2D eigenvalue weighted by atomic mass is 9.51. The second kappa shape index (κ2) is 10.1. The number of morpholine rings is 1. The first-order chi connectivity index (χ1) is 17.4. The highest BCUT2D eigenvalue weighted by Gasteiger charge is 2.41. The van der Waals surface area contributed by atoms with Gasteiger partial charge in [0.05, 0.1) is 30.3 Å². The van der Waals surface area contributed by atoms with Gasteiger partial charge < -0.3 is 20.3 Å². The van der Waals surface area contributed by atoms with Crippen molar-refractivity contribution in [3.05, 3.63) is 66.4 Å². The van der Waals surface area contributed by atoms with Crippen LogP contribution in [0.15, 0.2) is 60.8 Å². The molecule has 1 saturated heterocycles. The molecular weight excluding hydrogens is 457 g/mol. The number of rotatable bonds is 6. The number of anilines is 3. The first-order valence-corrected chi connectivity index (χ1v) is 12.3. The molecule has 4 rings (SSSR count). The maximum Gasteiger partial charge on any atom is 0.251 e. The zero-order valence-electron chi connectivity index (χ0n) is 22.3. The van der Waals surface area contributed by atoms with Gasteiger partial charge in [-0.25, -0.2) is 9.97 Å². The van der Waals surface area contributed by atoms with Gasteiger partial charge in [-0.05, 0) is 42.5 Å². The molecule has 0 radical (unpaired) electrons. The Kier molecular flexibility index (Phi) is 7.20. The average molecular weight is 485 g/mol. The Bertz CT molecular complexity index is 1310. The number of hydrogen-bond donors (Lipinski definition) is 2. The van der Waals surface area contributed by atoms with Crippen molar-refractivity contribution in [2.75, 3.05) is 23.4 Å². The van der Waals surface area contributed by atoms with Crippen molar-refractivity contribution < 1.29 is 9.53 Å². The molecule has 8 nitrogen and oxygen atoms in total. The van der Waals surface area contributed by atoms with Crippen LogP contribution in [0.25, 0.3) is 11.3 Å². The molecule has 0 bridgehead atoms. The smallest absolute Gasteiger partial charge is 0.251 e. The molecule has 180 valence electrons. The fourth-order valence-electron chi connectivity index (χ4n) is 4.78. The number of benzene rings is 2. The van der Waals surface area contributed by atoms with Crippen LogP contribution in [0, 0.1) is 11.3 Å². The molecular formula is C23H28B6N6O2. The van der Waals surface area contributed by atoms with E-state index in [2.05, 4.69) is 75.1 Å². The zero-order valence-corrected chi connectivity index (χ0v) is 22.3. The molecule has 0 atom stereocenters. The summed E-state index contributed by atoms with van der Waals surface area (Å²) in [6.07, 6.45) is 1.70. The summed E-state index contributed by atoms with van der Waals surface area (Å²) in [4.78, 5) is 23.9. The van der Waals surface area contributed by atoms with Crippen LogP contribution in [0.2, 0.25) is 0 Å².